The summed E-state index contributed by atoms with van der Waals surface area (Å²) in [5.41, 5.74) is 3.06. The van der Waals surface area contributed by atoms with Gasteiger partial charge in [0, 0.05) is 5.56 Å². The van der Waals surface area contributed by atoms with Crippen LogP contribution in [0.4, 0.5) is 5.69 Å². The highest BCUT2D eigenvalue weighted by Gasteiger charge is 2.28. The van der Waals surface area contributed by atoms with Crippen LogP contribution in [-0.2, 0) is 14.8 Å². The lowest BCUT2D eigenvalue weighted by Gasteiger charge is -2.25. The van der Waals surface area contributed by atoms with E-state index in [4.69, 9.17) is 9.47 Å². The van der Waals surface area contributed by atoms with E-state index in [0.717, 1.165) is 21.0 Å². The molecule has 1 amide bonds. The standard InChI is InChI=1S/C26H30N2O5S/c1-18-6-10-21(11-7-18)28(34(30,31)23-13-8-19(2)9-14-23)17-26(29)27-20(3)24-16-22(32-4)12-15-25(24)33-5/h6-16,20H,17H2,1-5H3,(H,27,29)/t20-/m1/s1. The van der Waals surface area contributed by atoms with Crippen LogP contribution in [0.25, 0.3) is 0 Å². The molecule has 0 saturated heterocycles. The number of nitrogens with one attached hydrogen (secondary N) is 1. The van der Waals surface area contributed by atoms with Gasteiger partial charge >= 0.3 is 0 Å². The molecule has 3 aromatic carbocycles. The molecule has 34 heavy (non-hydrogen) atoms. The van der Waals surface area contributed by atoms with Crippen molar-refractivity contribution in [3.05, 3.63) is 83.4 Å². The summed E-state index contributed by atoms with van der Waals surface area (Å²) in [6.07, 6.45) is 0. The van der Waals surface area contributed by atoms with Gasteiger partial charge in [-0.05, 0) is 63.2 Å². The first kappa shape index (κ1) is 25.1. The molecule has 1 atom stereocenters. The summed E-state index contributed by atoms with van der Waals surface area (Å²) in [6, 6.07) is 18.5. The lowest BCUT2D eigenvalue weighted by Crippen LogP contribution is -2.41. The Morgan fingerprint density at radius 1 is 0.912 bits per heavy atom. The third kappa shape index (κ3) is 5.69. The van der Waals surface area contributed by atoms with Crippen LogP contribution in [-0.4, -0.2) is 35.1 Å². The molecule has 0 aliphatic carbocycles. The Balaban J connectivity index is 1.90. The number of carbonyl (C=O) groups excluding carboxylic acids is 1. The van der Waals surface area contributed by atoms with E-state index in [1.807, 2.05) is 26.0 Å². The molecule has 0 unspecified atom stereocenters. The van der Waals surface area contributed by atoms with Crippen LogP contribution in [0.1, 0.15) is 29.7 Å². The summed E-state index contributed by atoms with van der Waals surface area (Å²) in [7, 11) is -0.866. The average Bonchev–Trinajstić information content (AvgIpc) is 2.83. The van der Waals surface area contributed by atoms with Crippen LogP contribution in [0.2, 0.25) is 0 Å². The monoisotopic (exact) mass is 482 g/mol. The molecule has 0 aromatic heterocycles. The van der Waals surface area contributed by atoms with Gasteiger partial charge in [-0.1, -0.05) is 35.4 Å². The van der Waals surface area contributed by atoms with Gasteiger partial charge < -0.3 is 14.8 Å². The number of sulfonamides is 1. The van der Waals surface area contributed by atoms with Crippen molar-refractivity contribution < 1.29 is 22.7 Å². The van der Waals surface area contributed by atoms with Crippen LogP contribution in [0, 0.1) is 13.8 Å². The van der Waals surface area contributed by atoms with Crippen LogP contribution < -0.4 is 19.1 Å². The molecule has 8 heteroatoms. The molecular weight excluding hydrogens is 452 g/mol. The molecule has 0 bridgehead atoms. The third-order valence-electron chi connectivity index (χ3n) is 5.50. The van der Waals surface area contributed by atoms with Gasteiger partial charge in [0.1, 0.15) is 18.0 Å². The van der Waals surface area contributed by atoms with E-state index in [-0.39, 0.29) is 11.4 Å². The Bertz CT molecular complexity index is 1240. The summed E-state index contributed by atoms with van der Waals surface area (Å²) in [4.78, 5) is 13.2. The first-order chi connectivity index (χ1) is 16.1. The number of amides is 1. The van der Waals surface area contributed by atoms with Crippen molar-refractivity contribution in [2.45, 2.75) is 31.7 Å². The summed E-state index contributed by atoms with van der Waals surface area (Å²) >= 11 is 0. The van der Waals surface area contributed by atoms with E-state index in [0.29, 0.717) is 17.2 Å². The molecule has 0 saturated carbocycles. The van der Waals surface area contributed by atoms with Crippen molar-refractivity contribution in [1.82, 2.24) is 5.32 Å². The van der Waals surface area contributed by atoms with Crippen LogP contribution >= 0.6 is 0 Å². The zero-order chi connectivity index (χ0) is 24.9. The SMILES string of the molecule is COc1ccc(OC)c([C@@H](C)NC(=O)CN(c2ccc(C)cc2)S(=O)(=O)c2ccc(C)cc2)c1. The number of nitrogens with zero attached hydrogens (tertiary/aromatic N) is 1. The number of aryl methyl sites for hydroxylation is 2. The Labute approximate surface area is 201 Å². The fourth-order valence-electron chi connectivity index (χ4n) is 3.54. The van der Waals surface area contributed by atoms with Crippen molar-refractivity contribution in [3.63, 3.8) is 0 Å². The van der Waals surface area contributed by atoms with Gasteiger partial charge in [-0.15, -0.1) is 0 Å². The average molecular weight is 483 g/mol. The fourth-order valence-corrected chi connectivity index (χ4v) is 4.96. The maximum Gasteiger partial charge on any atom is 0.264 e. The van der Waals surface area contributed by atoms with Crippen LogP contribution in [0.5, 0.6) is 11.5 Å². The molecule has 0 heterocycles. The van der Waals surface area contributed by atoms with E-state index in [1.54, 1.807) is 75.7 Å². The number of carbonyl (C=O) groups is 1. The van der Waals surface area contributed by atoms with E-state index >= 15 is 0 Å². The van der Waals surface area contributed by atoms with Crippen molar-refractivity contribution in [3.8, 4) is 11.5 Å². The molecule has 1 N–H and O–H groups in total. The third-order valence-corrected chi connectivity index (χ3v) is 7.29. The zero-order valence-electron chi connectivity index (χ0n) is 20.0. The Kier molecular flexibility index (Phi) is 7.83. The minimum absolute atomic E-state index is 0.119. The van der Waals surface area contributed by atoms with Crippen molar-refractivity contribution in [2.75, 3.05) is 25.1 Å². The predicted octanol–water partition coefficient (Wildman–Crippen LogP) is 4.39. The first-order valence-corrected chi connectivity index (χ1v) is 12.3. The summed E-state index contributed by atoms with van der Waals surface area (Å²) < 4.78 is 38.9. The maximum absolute atomic E-state index is 13.5. The lowest BCUT2D eigenvalue weighted by atomic mass is 10.1. The van der Waals surface area contributed by atoms with Gasteiger partial charge in [0.25, 0.3) is 10.0 Å². The topological polar surface area (TPSA) is 84.9 Å². The zero-order valence-corrected chi connectivity index (χ0v) is 20.8. The highest BCUT2D eigenvalue weighted by molar-refractivity contribution is 7.92. The number of methoxy groups -OCH3 is 2. The number of rotatable bonds is 9. The molecule has 3 rings (SSSR count). The fraction of sp³-hybridized carbons (Fsp3) is 0.269. The van der Waals surface area contributed by atoms with E-state index in [1.165, 1.54) is 0 Å². The van der Waals surface area contributed by atoms with Gasteiger partial charge in [-0.25, -0.2) is 8.42 Å². The van der Waals surface area contributed by atoms with Gasteiger partial charge in [-0.2, -0.15) is 0 Å². The molecule has 0 spiro atoms. The quantitative estimate of drug-likeness (QED) is 0.489. The predicted molar refractivity (Wildman–Crippen MR) is 133 cm³/mol. The van der Waals surface area contributed by atoms with Crippen LogP contribution in [0.15, 0.2) is 71.6 Å². The molecule has 3 aromatic rings. The second-order valence-corrected chi connectivity index (χ2v) is 9.92. The van der Waals surface area contributed by atoms with Gasteiger partial charge in [0.05, 0.1) is 30.8 Å². The number of hydrogen-bond acceptors (Lipinski definition) is 5. The van der Waals surface area contributed by atoms with Crippen molar-refractivity contribution >= 4 is 21.6 Å². The number of ether oxygens (including phenoxy) is 2. The minimum atomic E-state index is -3.97. The highest BCUT2D eigenvalue weighted by Crippen LogP contribution is 2.29. The van der Waals surface area contributed by atoms with E-state index in [9.17, 15) is 13.2 Å². The Morgan fingerprint density at radius 2 is 1.50 bits per heavy atom. The first-order valence-electron chi connectivity index (χ1n) is 10.8. The summed E-state index contributed by atoms with van der Waals surface area (Å²) in [5.74, 6) is 0.769. The minimum Gasteiger partial charge on any atom is -0.497 e. The van der Waals surface area contributed by atoms with Crippen molar-refractivity contribution in [2.24, 2.45) is 0 Å². The number of anilines is 1. The largest absolute Gasteiger partial charge is 0.497 e. The normalized spacial score (nSPS) is 12.0. The molecule has 180 valence electrons. The number of benzene rings is 3. The summed E-state index contributed by atoms with van der Waals surface area (Å²) in [5, 5.41) is 2.89. The van der Waals surface area contributed by atoms with Crippen molar-refractivity contribution in [1.29, 1.82) is 0 Å². The molecule has 0 aliphatic rings. The van der Waals surface area contributed by atoms with E-state index < -0.39 is 22.0 Å². The van der Waals surface area contributed by atoms with Gasteiger partial charge in [-0.3, -0.25) is 9.10 Å². The Hall–Kier alpha value is -3.52. The number of hydrogen-bond donors (Lipinski definition) is 1. The maximum atomic E-state index is 13.5. The Morgan fingerprint density at radius 3 is 2.06 bits per heavy atom. The second-order valence-electron chi connectivity index (χ2n) is 8.06. The van der Waals surface area contributed by atoms with Gasteiger partial charge in [0.2, 0.25) is 5.91 Å². The smallest absolute Gasteiger partial charge is 0.264 e. The summed E-state index contributed by atoms with van der Waals surface area (Å²) in [6.45, 7) is 5.23. The second kappa shape index (κ2) is 10.6. The molecular formula is C26H30N2O5S. The molecule has 0 aliphatic heterocycles. The van der Waals surface area contributed by atoms with Crippen LogP contribution in [0.3, 0.4) is 0 Å². The van der Waals surface area contributed by atoms with E-state index in [2.05, 4.69) is 5.32 Å². The van der Waals surface area contributed by atoms with Gasteiger partial charge in [0.15, 0.2) is 0 Å². The highest BCUT2D eigenvalue weighted by atomic mass is 32.2. The molecule has 0 fully saturated rings. The molecule has 0 radical (unpaired) electrons. The lowest BCUT2D eigenvalue weighted by molar-refractivity contribution is -0.120. The molecule has 7 nitrogen and oxygen atoms in total.